The summed E-state index contributed by atoms with van der Waals surface area (Å²) in [6, 6.07) is 5.47. The first kappa shape index (κ1) is 13.5. The maximum atomic E-state index is 13.3. The van der Waals surface area contributed by atoms with Crippen molar-refractivity contribution >= 4 is 0 Å². The zero-order chi connectivity index (χ0) is 13.1. The summed E-state index contributed by atoms with van der Waals surface area (Å²) in [4.78, 5) is 2.41. The average molecular weight is 250 g/mol. The zero-order valence-corrected chi connectivity index (χ0v) is 11.3. The first-order valence-corrected chi connectivity index (χ1v) is 6.81. The van der Waals surface area contributed by atoms with E-state index < -0.39 is 0 Å². The van der Waals surface area contributed by atoms with Crippen LogP contribution < -0.4 is 5.73 Å². The van der Waals surface area contributed by atoms with Gasteiger partial charge >= 0.3 is 0 Å². The molecule has 0 aliphatic carbocycles. The fraction of sp³-hybridized carbons (Fsp3) is 0.600. The minimum atomic E-state index is -0.148. The molecule has 1 aromatic carbocycles. The van der Waals surface area contributed by atoms with Crippen molar-refractivity contribution < 1.29 is 4.39 Å². The van der Waals surface area contributed by atoms with Crippen LogP contribution in [0.25, 0.3) is 0 Å². The van der Waals surface area contributed by atoms with Crippen LogP contribution in [0.4, 0.5) is 4.39 Å². The molecule has 2 rings (SSSR count). The van der Waals surface area contributed by atoms with E-state index in [4.69, 9.17) is 5.73 Å². The second-order valence-electron chi connectivity index (χ2n) is 5.46. The second-order valence-corrected chi connectivity index (χ2v) is 5.46. The minimum absolute atomic E-state index is 0.148. The molecule has 0 saturated carbocycles. The van der Waals surface area contributed by atoms with E-state index in [0.29, 0.717) is 18.5 Å². The standard InChI is InChI=1S/C15H23FN2/c1-11-5-6-14(16)8-13(11)10-18-7-3-4-12(2)15(18)9-17/h5-6,8,12,15H,3-4,7,9-10,17H2,1-2H3. The predicted molar refractivity (Wildman–Crippen MR) is 72.8 cm³/mol. The first-order valence-electron chi connectivity index (χ1n) is 6.81. The van der Waals surface area contributed by atoms with E-state index in [1.54, 1.807) is 6.07 Å². The molecule has 0 amide bonds. The number of nitrogens with zero attached hydrogens (tertiary/aromatic N) is 1. The molecule has 0 spiro atoms. The SMILES string of the molecule is Cc1ccc(F)cc1CN1CCCC(C)C1CN. The van der Waals surface area contributed by atoms with Crippen molar-refractivity contribution in [2.75, 3.05) is 13.1 Å². The Morgan fingerprint density at radius 3 is 2.94 bits per heavy atom. The number of likely N-dealkylation sites (tertiary alicyclic amines) is 1. The van der Waals surface area contributed by atoms with Crippen molar-refractivity contribution in [3.05, 3.63) is 35.1 Å². The summed E-state index contributed by atoms with van der Waals surface area (Å²) in [5, 5.41) is 0. The highest BCUT2D eigenvalue weighted by atomic mass is 19.1. The molecule has 2 N–H and O–H groups in total. The van der Waals surface area contributed by atoms with E-state index in [1.165, 1.54) is 18.9 Å². The van der Waals surface area contributed by atoms with Crippen molar-refractivity contribution in [2.24, 2.45) is 11.7 Å². The van der Waals surface area contributed by atoms with Gasteiger partial charge in [0.1, 0.15) is 5.82 Å². The average Bonchev–Trinajstić information content (AvgIpc) is 2.34. The minimum Gasteiger partial charge on any atom is -0.329 e. The molecule has 1 aromatic rings. The molecule has 2 unspecified atom stereocenters. The second kappa shape index (κ2) is 5.81. The molecule has 1 aliphatic rings. The van der Waals surface area contributed by atoms with Crippen LogP contribution in [0, 0.1) is 18.7 Å². The summed E-state index contributed by atoms with van der Waals surface area (Å²) in [6.45, 7) is 6.88. The fourth-order valence-corrected chi connectivity index (χ4v) is 2.94. The van der Waals surface area contributed by atoms with Gasteiger partial charge in [-0.3, -0.25) is 4.90 Å². The Balaban J connectivity index is 2.14. The fourth-order valence-electron chi connectivity index (χ4n) is 2.94. The summed E-state index contributed by atoms with van der Waals surface area (Å²) in [6.07, 6.45) is 2.46. The summed E-state index contributed by atoms with van der Waals surface area (Å²) in [5.41, 5.74) is 8.13. The maximum Gasteiger partial charge on any atom is 0.123 e. The van der Waals surface area contributed by atoms with Crippen LogP contribution in [0.5, 0.6) is 0 Å². The van der Waals surface area contributed by atoms with Gasteiger partial charge in [-0.15, -0.1) is 0 Å². The van der Waals surface area contributed by atoms with Gasteiger partial charge < -0.3 is 5.73 Å². The smallest absolute Gasteiger partial charge is 0.123 e. The Labute approximate surface area is 109 Å². The van der Waals surface area contributed by atoms with Crippen molar-refractivity contribution in [3.8, 4) is 0 Å². The van der Waals surface area contributed by atoms with Crippen LogP contribution in [0.15, 0.2) is 18.2 Å². The quantitative estimate of drug-likeness (QED) is 0.893. The van der Waals surface area contributed by atoms with Crippen LogP contribution in [0.2, 0.25) is 0 Å². The third kappa shape index (κ3) is 2.90. The van der Waals surface area contributed by atoms with Gasteiger partial charge in [0.05, 0.1) is 0 Å². The molecular weight excluding hydrogens is 227 g/mol. The molecule has 3 heteroatoms. The lowest BCUT2D eigenvalue weighted by molar-refractivity contribution is 0.0988. The topological polar surface area (TPSA) is 29.3 Å². The number of piperidine rings is 1. The molecule has 1 aliphatic heterocycles. The number of hydrogen-bond acceptors (Lipinski definition) is 2. The third-order valence-electron chi connectivity index (χ3n) is 4.16. The number of benzene rings is 1. The van der Waals surface area contributed by atoms with Crippen molar-refractivity contribution in [3.63, 3.8) is 0 Å². The number of rotatable bonds is 3. The highest BCUT2D eigenvalue weighted by Gasteiger charge is 2.27. The Hall–Kier alpha value is -0.930. The van der Waals surface area contributed by atoms with E-state index in [0.717, 1.165) is 24.2 Å². The van der Waals surface area contributed by atoms with Crippen LogP contribution in [-0.2, 0) is 6.54 Å². The van der Waals surface area contributed by atoms with Crippen molar-refractivity contribution in [1.29, 1.82) is 0 Å². The largest absolute Gasteiger partial charge is 0.329 e. The van der Waals surface area contributed by atoms with E-state index in [-0.39, 0.29) is 5.82 Å². The number of nitrogens with two attached hydrogens (primary N) is 1. The van der Waals surface area contributed by atoms with E-state index >= 15 is 0 Å². The molecule has 0 radical (unpaired) electrons. The van der Waals surface area contributed by atoms with Gasteiger partial charge in [0.25, 0.3) is 0 Å². The van der Waals surface area contributed by atoms with Gasteiger partial charge in [-0.05, 0) is 55.5 Å². The summed E-state index contributed by atoms with van der Waals surface area (Å²) in [7, 11) is 0. The highest BCUT2D eigenvalue weighted by molar-refractivity contribution is 5.26. The van der Waals surface area contributed by atoms with Gasteiger partial charge in [-0.1, -0.05) is 13.0 Å². The highest BCUT2D eigenvalue weighted by Crippen LogP contribution is 2.25. The maximum absolute atomic E-state index is 13.3. The van der Waals surface area contributed by atoms with E-state index in [2.05, 4.69) is 11.8 Å². The third-order valence-corrected chi connectivity index (χ3v) is 4.16. The van der Waals surface area contributed by atoms with Gasteiger partial charge in [0, 0.05) is 19.1 Å². The van der Waals surface area contributed by atoms with Crippen LogP contribution in [-0.4, -0.2) is 24.0 Å². The number of halogens is 1. The molecule has 18 heavy (non-hydrogen) atoms. The van der Waals surface area contributed by atoms with E-state index in [1.807, 2.05) is 13.0 Å². The van der Waals surface area contributed by atoms with Gasteiger partial charge in [0.2, 0.25) is 0 Å². The molecule has 0 bridgehead atoms. The Morgan fingerprint density at radius 2 is 2.22 bits per heavy atom. The summed E-state index contributed by atoms with van der Waals surface area (Å²) >= 11 is 0. The lowest BCUT2D eigenvalue weighted by Crippen LogP contribution is -2.48. The van der Waals surface area contributed by atoms with Crippen LogP contribution in [0.3, 0.4) is 0 Å². The van der Waals surface area contributed by atoms with Gasteiger partial charge in [-0.25, -0.2) is 4.39 Å². The van der Waals surface area contributed by atoms with Crippen molar-refractivity contribution in [1.82, 2.24) is 4.90 Å². The van der Waals surface area contributed by atoms with Crippen LogP contribution >= 0.6 is 0 Å². The first-order chi connectivity index (χ1) is 8.61. The Kier molecular flexibility index (Phi) is 4.36. The molecule has 1 heterocycles. The molecule has 0 aromatic heterocycles. The molecule has 1 saturated heterocycles. The zero-order valence-electron chi connectivity index (χ0n) is 11.3. The monoisotopic (exact) mass is 250 g/mol. The van der Waals surface area contributed by atoms with Gasteiger partial charge in [0.15, 0.2) is 0 Å². The lowest BCUT2D eigenvalue weighted by atomic mass is 9.90. The number of hydrogen-bond donors (Lipinski definition) is 1. The lowest BCUT2D eigenvalue weighted by Gasteiger charge is -2.39. The summed E-state index contributed by atoms with van der Waals surface area (Å²) in [5.74, 6) is 0.488. The molecule has 1 fully saturated rings. The molecule has 2 nitrogen and oxygen atoms in total. The van der Waals surface area contributed by atoms with Gasteiger partial charge in [-0.2, -0.15) is 0 Å². The normalized spacial score (nSPS) is 25.3. The van der Waals surface area contributed by atoms with Crippen LogP contribution in [0.1, 0.15) is 30.9 Å². The Morgan fingerprint density at radius 1 is 1.44 bits per heavy atom. The molecule has 100 valence electrons. The predicted octanol–water partition coefficient (Wildman–Crippen LogP) is 2.69. The summed E-state index contributed by atoms with van der Waals surface area (Å²) < 4.78 is 13.3. The molecular formula is C15H23FN2. The molecule has 2 atom stereocenters. The number of aryl methyl sites for hydroxylation is 1. The Bertz CT molecular complexity index is 405. The van der Waals surface area contributed by atoms with E-state index in [9.17, 15) is 4.39 Å². The van der Waals surface area contributed by atoms with Crippen molar-refractivity contribution in [2.45, 2.75) is 39.3 Å².